The van der Waals surface area contributed by atoms with Gasteiger partial charge in [-0.1, -0.05) is 13.3 Å². The van der Waals surface area contributed by atoms with E-state index < -0.39 is 11.9 Å². The molecule has 2 aliphatic carbocycles. The molecule has 1 heterocycles. The lowest BCUT2D eigenvalue weighted by Crippen LogP contribution is -2.28. The van der Waals surface area contributed by atoms with Crippen LogP contribution in [0.15, 0.2) is 0 Å². The third-order valence-electron chi connectivity index (χ3n) is 4.94. The summed E-state index contributed by atoms with van der Waals surface area (Å²) in [6.07, 6.45) is 5.43. The predicted octanol–water partition coefficient (Wildman–Crippen LogP) is 2.94. The quantitative estimate of drug-likeness (QED) is 0.812. The first kappa shape index (κ1) is 17.9. The van der Waals surface area contributed by atoms with Crippen LogP contribution in [0.1, 0.15) is 53.4 Å². The van der Waals surface area contributed by atoms with Crippen LogP contribution in [-0.2, 0) is 31.9 Å². The number of carbonyl (C=O) groups is 3. The Labute approximate surface area is 150 Å². The Balaban J connectivity index is 1.69. The molecule has 136 valence electrons. The molecule has 6 nitrogen and oxygen atoms in total. The van der Waals surface area contributed by atoms with E-state index in [0.717, 1.165) is 49.0 Å². The second kappa shape index (κ2) is 7.56. The van der Waals surface area contributed by atoms with Gasteiger partial charge in [0.25, 0.3) is 5.91 Å². The van der Waals surface area contributed by atoms with Crippen molar-refractivity contribution in [2.45, 2.75) is 45.4 Å². The normalized spacial score (nSPS) is 19.5. The minimum atomic E-state index is -0.436. The van der Waals surface area contributed by atoms with Crippen LogP contribution in [0.3, 0.4) is 0 Å². The van der Waals surface area contributed by atoms with Crippen LogP contribution in [0.25, 0.3) is 0 Å². The Kier molecular flexibility index (Phi) is 5.42. The number of thiophene rings is 1. The molecule has 1 amide bonds. The Morgan fingerprint density at radius 2 is 2.00 bits per heavy atom. The number of carbonyl (C=O) groups excluding carboxylic acids is 3. The van der Waals surface area contributed by atoms with E-state index in [1.165, 1.54) is 18.4 Å². The van der Waals surface area contributed by atoms with Crippen molar-refractivity contribution in [1.29, 1.82) is 0 Å². The summed E-state index contributed by atoms with van der Waals surface area (Å²) < 4.78 is 9.96. The lowest BCUT2D eigenvalue weighted by Gasteiger charge is -2.22. The molecule has 1 atom stereocenters. The molecule has 0 unspecified atom stereocenters. The van der Waals surface area contributed by atoms with Crippen molar-refractivity contribution in [1.82, 2.24) is 0 Å². The van der Waals surface area contributed by atoms with Gasteiger partial charge in [0.05, 0.1) is 18.6 Å². The molecule has 7 heteroatoms. The van der Waals surface area contributed by atoms with Gasteiger partial charge in [0.1, 0.15) is 5.00 Å². The number of anilines is 1. The van der Waals surface area contributed by atoms with Crippen molar-refractivity contribution < 1.29 is 23.9 Å². The van der Waals surface area contributed by atoms with Crippen molar-refractivity contribution in [3.05, 3.63) is 16.0 Å². The zero-order chi connectivity index (χ0) is 18.0. The molecule has 0 aromatic carbocycles. The molecule has 1 aromatic rings. The summed E-state index contributed by atoms with van der Waals surface area (Å²) in [4.78, 5) is 37.2. The van der Waals surface area contributed by atoms with Crippen molar-refractivity contribution in [2.75, 3.05) is 19.0 Å². The zero-order valence-corrected chi connectivity index (χ0v) is 15.4. The first-order chi connectivity index (χ1) is 12.0. The highest BCUT2D eigenvalue weighted by molar-refractivity contribution is 7.17. The number of esters is 2. The fourth-order valence-electron chi connectivity index (χ4n) is 3.22. The number of nitrogens with one attached hydrogen (secondary N) is 1. The molecule has 25 heavy (non-hydrogen) atoms. The van der Waals surface area contributed by atoms with Gasteiger partial charge in [-0.15, -0.1) is 11.3 Å². The number of fused-ring (bicyclic) bond motifs is 1. The molecule has 0 radical (unpaired) electrons. The summed E-state index contributed by atoms with van der Waals surface area (Å²) in [5, 5.41) is 3.23. The highest BCUT2D eigenvalue weighted by Crippen LogP contribution is 2.40. The van der Waals surface area contributed by atoms with Gasteiger partial charge in [-0.3, -0.25) is 9.59 Å². The maximum absolute atomic E-state index is 12.2. The van der Waals surface area contributed by atoms with E-state index >= 15 is 0 Å². The Hall–Kier alpha value is -1.89. The van der Waals surface area contributed by atoms with Gasteiger partial charge in [0.15, 0.2) is 6.61 Å². The van der Waals surface area contributed by atoms with Crippen LogP contribution in [-0.4, -0.2) is 31.6 Å². The molecule has 0 bridgehead atoms. The van der Waals surface area contributed by atoms with E-state index in [2.05, 4.69) is 12.2 Å². The second-order valence-corrected chi connectivity index (χ2v) is 7.94. The monoisotopic (exact) mass is 365 g/mol. The lowest BCUT2D eigenvalue weighted by molar-refractivity contribution is -0.154. The molecule has 2 aliphatic rings. The Morgan fingerprint density at radius 1 is 1.24 bits per heavy atom. The van der Waals surface area contributed by atoms with Crippen LogP contribution in [0, 0.1) is 11.8 Å². The van der Waals surface area contributed by atoms with Gasteiger partial charge >= 0.3 is 11.9 Å². The molecule has 1 aromatic heterocycles. The number of ether oxygens (including phenoxy) is 2. The number of hydrogen-bond donors (Lipinski definition) is 1. The van der Waals surface area contributed by atoms with Crippen LogP contribution >= 0.6 is 11.3 Å². The largest absolute Gasteiger partial charge is 0.465 e. The maximum Gasteiger partial charge on any atom is 0.341 e. The summed E-state index contributed by atoms with van der Waals surface area (Å²) in [6.45, 7) is 1.85. The number of hydrogen-bond acceptors (Lipinski definition) is 6. The van der Waals surface area contributed by atoms with E-state index in [4.69, 9.17) is 9.47 Å². The van der Waals surface area contributed by atoms with E-state index in [1.807, 2.05) is 0 Å². The topological polar surface area (TPSA) is 81.7 Å². The van der Waals surface area contributed by atoms with Gasteiger partial charge in [-0.2, -0.15) is 0 Å². The third-order valence-corrected chi connectivity index (χ3v) is 6.11. The average Bonchev–Trinajstić information content (AvgIpc) is 2.87. The van der Waals surface area contributed by atoms with Crippen molar-refractivity contribution in [3.63, 3.8) is 0 Å². The van der Waals surface area contributed by atoms with Crippen LogP contribution in [0.4, 0.5) is 5.00 Å². The van der Waals surface area contributed by atoms with Crippen LogP contribution in [0.5, 0.6) is 0 Å². The van der Waals surface area contributed by atoms with Crippen LogP contribution < -0.4 is 5.32 Å². The Bertz CT molecular complexity index is 692. The van der Waals surface area contributed by atoms with E-state index in [9.17, 15) is 14.4 Å². The number of amides is 1. The van der Waals surface area contributed by atoms with Gasteiger partial charge in [-0.05, 0) is 43.6 Å². The summed E-state index contributed by atoms with van der Waals surface area (Å²) in [6, 6.07) is 0. The molecule has 0 saturated heterocycles. The highest BCUT2D eigenvalue weighted by Gasteiger charge is 2.30. The molecule has 1 saturated carbocycles. The van der Waals surface area contributed by atoms with Crippen molar-refractivity contribution in [2.24, 2.45) is 11.8 Å². The SMILES string of the molecule is COC(=O)c1c(NC(=O)COC(=O)C2CCC2)sc2c1CC[C@@H](C)C2. The maximum atomic E-state index is 12.2. The van der Waals surface area contributed by atoms with Gasteiger partial charge < -0.3 is 14.8 Å². The molecule has 0 aliphatic heterocycles. The van der Waals surface area contributed by atoms with Gasteiger partial charge in [0, 0.05) is 4.88 Å². The zero-order valence-electron chi connectivity index (χ0n) is 14.6. The summed E-state index contributed by atoms with van der Waals surface area (Å²) in [5.74, 6) is -0.676. The molecular formula is C18H23NO5S. The van der Waals surface area contributed by atoms with E-state index in [1.54, 1.807) is 0 Å². The Morgan fingerprint density at radius 3 is 2.64 bits per heavy atom. The minimum Gasteiger partial charge on any atom is -0.465 e. The fourth-order valence-corrected chi connectivity index (χ4v) is 4.63. The summed E-state index contributed by atoms with van der Waals surface area (Å²) in [7, 11) is 1.34. The van der Waals surface area contributed by atoms with E-state index in [-0.39, 0.29) is 18.5 Å². The highest BCUT2D eigenvalue weighted by atomic mass is 32.1. The molecule has 1 fully saturated rings. The fraction of sp³-hybridized carbons (Fsp3) is 0.611. The summed E-state index contributed by atoms with van der Waals surface area (Å²) in [5.41, 5.74) is 1.43. The smallest absolute Gasteiger partial charge is 0.341 e. The summed E-state index contributed by atoms with van der Waals surface area (Å²) >= 11 is 1.42. The van der Waals surface area contributed by atoms with E-state index in [0.29, 0.717) is 16.5 Å². The van der Waals surface area contributed by atoms with Gasteiger partial charge in [-0.25, -0.2) is 4.79 Å². The standard InChI is InChI=1S/C18H23NO5S/c1-10-6-7-12-13(8-10)25-16(15(12)18(22)23-2)19-14(20)9-24-17(21)11-4-3-5-11/h10-11H,3-9H2,1-2H3,(H,19,20)/t10-/m1/s1. The molecular weight excluding hydrogens is 342 g/mol. The van der Waals surface area contributed by atoms with Crippen molar-refractivity contribution >= 4 is 34.2 Å². The lowest BCUT2D eigenvalue weighted by atomic mass is 9.86. The first-order valence-electron chi connectivity index (χ1n) is 8.69. The first-order valence-corrected chi connectivity index (χ1v) is 9.50. The second-order valence-electron chi connectivity index (χ2n) is 6.83. The molecule has 1 N–H and O–H groups in total. The molecule has 3 rings (SSSR count). The number of rotatable bonds is 5. The predicted molar refractivity (Wildman–Crippen MR) is 93.8 cm³/mol. The average molecular weight is 365 g/mol. The minimum absolute atomic E-state index is 0.0611. The molecule has 0 spiro atoms. The van der Waals surface area contributed by atoms with Crippen LogP contribution in [0.2, 0.25) is 0 Å². The third kappa shape index (κ3) is 3.86. The number of methoxy groups -OCH3 is 1. The van der Waals surface area contributed by atoms with Crippen molar-refractivity contribution in [3.8, 4) is 0 Å². The van der Waals surface area contributed by atoms with Gasteiger partial charge in [0.2, 0.25) is 0 Å².